The molecule has 0 aliphatic rings. The van der Waals surface area contributed by atoms with Gasteiger partial charge in [-0.25, -0.2) is 0 Å². The van der Waals surface area contributed by atoms with E-state index in [-0.39, 0.29) is 0 Å². The third-order valence-electron chi connectivity index (χ3n) is 3.37. The van der Waals surface area contributed by atoms with Crippen LogP contribution in [0.4, 0.5) is 0 Å². The van der Waals surface area contributed by atoms with Gasteiger partial charge in [0.25, 0.3) is 0 Å². The number of carbonyl (C=O) groups is 1. The second-order valence-corrected chi connectivity index (χ2v) is 5.64. The average Bonchev–Trinajstić information content (AvgIpc) is 2.56. The van der Waals surface area contributed by atoms with Crippen LogP contribution in [0.1, 0.15) is 58.3 Å². The molecule has 0 saturated heterocycles. The number of unbranched alkanes of at least 4 members (excludes halogenated alkanes) is 7. The monoisotopic (exact) mass is 327 g/mol. The number of rotatable bonds is 14. The van der Waals surface area contributed by atoms with Gasteiger partial charge in [-0.3, -0.25) is 4.79 Å². The maximum absolute atomic E-state index is 10.4. The summed E-state index contributed by atoms with van der Waals surface area (Å²) in [5.41, 5.74) is 4.97. The molecule has 0 radical (unpaired) electrons. The number of hydrogen-bond acceptors (Lipinski definition) is 1. The molecule has 1 amide bonds. The van der Waals surface area contributed by atoms with E-state index >= 15 is 0 Å². The lowest BCUT2D eigenvalue weighted by molar-refractivity contribution is -0.113. The minimum absolute atomic E-state index is 0.436. The summed E-state index contributed by atoms with van der Waals surface area (Å²) in [6.45, 7) is 2.26. The largest absolute Gasteiger partial charge is 0.366 e. The van der Waals surface area contributed by atoms with Gasteiger partial charge < -0.3 is 5.73 Å². The Labute approximate surface area is 148 Å². The standard InChI is InChI=1S/C22H33NO/c1-2-3-4-5-6-7-8-9-10-11-12-13-14-15-16-17-18-19-20-21-22(23)24/h10-21H,2-9H2,1H3,(H2,23,24)/b11-10?,13-12?,15-14?,17-16?,19-18?,21-20-. The summed E-state index contributed by atoms with van der Waals surface area (Å²) in [5, 5.41) is 0. The van der Waals surface area contributed by atoms with E-state index in [0.29, 0.717) is 0 Å². The van der Waals surface area contributed by atoms with E-state index in [9.17, 15) is 4.79 Å². The molecule has 0 fully saturated rings. The van der Waals surface area contributed by atoms with Crippen LogP contribution in [0.2, 0.25) is 0 Å². The van der Waals surface area contributed by atoms with Crippen LogP contribution in [-0.4, -0.2) is 5.91 Å². The van der Waals surface area contributed by atoms with E-state index in [1.807, 2.05) is 36.5 Å². The van der Waals surface area contributed by atoms with Crippen molar-refractivity contribution in [3.8, 4) is 0 Å². The lowest BCUT2D eigenvalue weighted by Crippen LogP contribution is -2.04. The first kappa shape index (κ1) is 21.9. The third-order valence-corrected chi connectivity index (χ3v) is 3.37. The number of allylic oxidation sites excluding steroid dienone is 11. The fourth-order valence-electron chi connectivity index (χ4n) is 2.06. The van der Waals surface area contributed by atoms with Crippen molar-refractivity contribution in [1.82, 2.24) is 0 Å². The first-order valence-electron chi connectivity index (χ1n) is 9.06. The van der Waals surface area contributed by atoms with E-state index in [1.165, 1.54) is 57.4 Å². The minimum atomic E-state index is -0.436. The number of hydrogen-bond donors (Lipinski definition) is 1. The van der Waals surface area contributed by atoms with E-state index in [0.717, 1.165) is 0 Å². The highest BCUT2D eigenvalue weighted by atomic mass is 16.1. The molecule has 0 heterocycles. The van der Waals surface area contributed by atoms with Crippen molar-refractivity contribution in [3.63, 3.8) is 0 Å². The van der Waals surface area contributed by atoms with Crippen LogP contribution in [-0.2, 0) is 4.79 Å². The molecular formula is C22H33NO. The van der Waals surface area contributed by atoms with Crippen molar-refractivity contribution in [2.24, 2.45) is 5.73 Å². The Balaban J connectivity index is 3.57. The lowest BCUT2D eigenvalue weighted by Gasteiger charge is -1.98. The van der Waals surface area contributed by atoms with Crippen molar-refractivity contribution in [2.75, 3.05) is 0 Å². The molecule has 0 aromatic carbocycles. The average molecular weight is 328 g/mol. The van der Waals surface area contributed by atoms with E-state index in [4.69, 9.17) is 5.73 Å². The van der Waals surface area contributed by atoms with Gasteiger partial charge in [-0.1, -0.05) is 112 Å². The topological polar surface area (TPSA) is 43.1 Å². The van der Waals surface area contributed by atoms with Crippen LogP contribution in [0.15, 0.2) is 72.9 Å². The Morgan fingerprint density at radius 2 is 1.12 bits per heavy atom. The zero-order valence-electron chi connectivity index (χ0n) is 15.1. The van der Waals surface area contributed by atoms with Crippen molar-refractivity contribution in [2.45, 2.75) is 58.3 Å². The summed E-state index contributed by atoms with van der Waals surface area (Å²) in [6, 6.07) is 0. The zero-order chi connectivity index (χ0) is 17.7. The van der Waals surface area contributed by atoms with Crippen molar-refractivity contribution in [1.29, 1.82) is 0 Å². The highest BCUT2D eigenvalue weighted by Gasteiger charge is 1.88. The number of nitrogens with two attached hydrogens (primary N) is 1. The summed E-state index contributed by atoms with van der Waals surface area (Å²) >= 11 is 0. The molecule has 0 saturated carbocycles. The first-order valence-corrected chi connectivity index (χ1v) is 9.06. The number of primary amides is 1. The number of amides is 1. The maximum atomic E-state index is 10.4. The van der Waals surface area contributed by atoms with E-state index in [2.05, 4.69) is 25.2 Å². The molecule has 0 atom stereocenters. The molecule has 2 nitrogen and oxygen atoms in total. The summed E-state index contributed by atoms with van der Waals surface area (Å²) in [7, 11) is 0. The van der Waals surface area contributed by atoms with Crippen LogP contribution in [0.25, 0.3) is 0 Å². The van der Waals surface area contributed by atoms with E-state index < -0.39 is 5.91 Å². The van der Waals surface area contributed by atoms with Crippen LogP contribution in [0.5, 0.6) is 0 Å². The fourth-order valence-corrected chi connectivity index (χ4v) is 2.06. The van der Waals surface area contributed by atoms with Crippen LogP contribution in [0, 0.1) is 0 Å². The minimum Gasteiger partial charge on any atom is -0.366 e. The van der Waals surface area contributed by atoms with Gasteiger partial charge in [0.2, 0.25) is 5.91 Å². The van der Waals surface area contributed by atoms with Gasteiger partial charge in [-0.05, 0) is 12.8 Å². The fraction of sp³-hybridized carbons (Fsp3) is 0.409. The second-order valence-electron chi connectivity index (χ2n) is 5.64. The molecule has 0 bridgehead atoms. The molecule has 132 valence electrons. The zero-order valence-corrected chi connectivity index (χ0v) is 15.1. The molecular weight excluding hydrogens is 294 g/mol. The van der Waals surface area contributed by atoms with Crippen molar-refractivity contribution >= 4 is 5.91 Å². The molecule has 0 aromatic heterocycles. The second kappa shape index (κ2) is 19.0. The van der Waals surface area contributed by atoms with Crippen molar-refractivity contribution in [3.05, 3.63) is 72.9 Å². The maximum Gasteiger partial charge on any atom is 0.241 e. The molecule has 2 N–H and O–H groups in total. The van der Waals surface area contributed by atoms with Crippen LogP contribution in [0.3, 0.4) is 0 Å². The van der Waals surface area contributed by atoms with E-state index in [1.54, 1.807) is 12.2 Å². The smallest absolute Gasteiger partial charge is 0.241 e. The molecule has 24 heavy (non-hydrogen) atoms. The van der Waals surface area contributed by atoms with Crippen molar-refractivity contribution < 1.29 is 4.79 Å². The van der Waals surface area contributed by atoms with Crippen LogP contribution < -0.4 is 5.73 Å². The Morgan fingerprint density at radius 1 is 0.667 bits per heavy atom. The Bertz CT molecular complexity index is 464. The molecule has 0 spiro atoms. The first-order chi connectivity index (χ1) is 11.8. The summed E-state index contributed by atoms with van der Waals surface area (Å²) in [4.78, 5) is 10.4. The Hall–Kier alpha value is -2.09. The van der Waals surface area contributed by atoms with Gasteiger partial charge in [-0.15, -0.1) is 0 Å². The molecule has 0 aliphatic carbocycles. The summed E-state index contributed by atoms with van der Waals surface area (Å²) in [6.07, 6.45) is 33.4. The highest BCUT2D eigenvalue weighted by molar-refractivity contribution is 5.85. The van der Waals surface area contributed by atoms with Gasteiger partial charge in [0.05, 0.1) is 0 Å². The molecule has 0 aliphatic heterocycles. The van der Waals surface area contributed by atoms with Gasteiger partial charge in [-0.2, -0.15) is 0 Å². The van der Waals surface area contributed by atoms with Crippen LogP contribution >= 0.6 is 0 Å². The van der Waals surface area contributed by atoms with Gasteiger partial charge >= 0.3 is 0 Å². The summed E-state index contributed by atoms with van der Waals surface area (Å²) < 4.78 is 0. The summed E-state index contributed by atoms with van der Waals surface area (Å²) in [5.74, 6) is -0.436. The third kappa shape index (κ3) is 19.9. The SMILES string of the molecule is CCCCCCCCCC=CC=CC=CC=CC=C/C=C\C(N)=O. The lowest BCUT2D eigenvalue weighted by atomic mass is 10.1. The Kier molecular flexibility index (Phi) is 17.3. The van der Waals surface area contributed by atoms with Gasteiger partial charge in [0, 0.05) is 6.08 Å². The normalized spacial score (nSPS) is 13.0. The molecule has 0 aromatic rings. The number of carbonyl (C=O) groups excluding carboxylic acids is 1. The highest BCUT2D eigenvalue weighted by Crippen LogP contribution is 2.08. The predicted octanol–water partition coefficient (Wildman–Crippen LogP) is 5.95. The van der Waals surface area contributed by atoms with Gasteiger partial charge in [0.1, 0.15) is 0 Å². The molecule has 0 rings (SSSR count). The molecule has 0 unspecified atom stereocenters. The predicted molar refractivity (Wildman–Crippen MR) is 107 cm³/mol. The quantitative estimate of drug-likeness (QED) is 0.239. The molecule has 2 heteroatoms. The van der Waals surface area contributed by atoms with Gasteiger partial charge in [0.15, 0.2) is 0 Å². The Morgan fingerprint density at radius 3 is 1.67 bits per heavy atom.